The normalized spacial score (nSPS) is 12.4. The number of nitrogens with zero attached hydrogens (tertiary/aromatic N) is 1. The summed E-state index contributed by atoms with van der Waals surface area (Å²) in [6.07, 6.45) is -3.44. The fourth-order valence-corrected chi connectivity index (χ4v) is 1.30. The molecule has 0 atom stereocenters. The molecule has 0 aromatic rings. The van der Waals surface area contributed by atoms with E-state index in [4.69, 9.17) is 16.3 Å². The Morgan fingerprint density at radius 3 is 2.33 bits per heavy atom. The van der Waals surface area contributed by atoms with Gasteiger partial charge in [0.2, 0.25) is 0 Å². The summed E-state index contributed by atoms with van der Waals surface area (Å²) in [5.74, 6) is 0.368. The van der Waals surface area contributed by atoms with Crippen molar-refractivity contribution in [2.45, 2.75) is 19.5 Å². The van der Waals surface area contributed by atoms with Crippen LogP contribution in [0.4, 0.5) is 13.2 Å². The van der Waals surface area contributed by atoms with E-state index in [9.17, 15) is 13.2 Å². The van der Waals surface area contributed by atoms with Crippen LogP contribution in [-0.2, 0) is 4.74 Å². The maximum Gasteiger partial charge on any atom is 0.401 e. The van der Waals surface area contributed by atoms with E-state index in [1.54, 1.807) is 0 Å². The lowest BCUT2D eigenvalue weighted by atomic mass is 10.4. The summed E-state index contributed by atoms with van der Waals surface area (Å²) in [5.41, 5.74) is 0. The molecular weight excluding hydrogens is 231 g/mol. The van der Waals surface area contributed by atoms with E-state index in [1.807, 2.05) is 6.92 Å². The first-order valence-corrected chi connectivity index (χ1v) is 5.46. The molecular formula is C9H17ClF3NO. The predicted octanol–water partition coefficient (Wildman–Crippen LogP) is 2.52. The highest BCUT2D eigenvalue weighted by Gasteiger charge is 2.30. The topological polar surface area (TPSA) is 12.5 Å². The highest BCUT2D eigenvalue weighted by molar-refractivity contribution is 6.17. The van der Waals surface area contributed by atoms with E-state index >= 15 is 0 Å². The molecule has 0 spiro atoms. The maximum atomic E-state index is 12.1. The standard InChI is InChI=1S/C9H17ClF3NO/c1-2-4-14(8-9(11,12)13)5-7-15-6-3-10/h2-8H2,1H3. The van der Waals surface area contributed by atoms with Gasteiger partial charge in [-0.1, -0.05) is 6.92 Å². The Morgan fingerprint density at radius 2 is 1.87 bits per heavy atom. The van der Waals surface area contributed by atoms with Crippen LogP contribution in [0.5, 0.6) is 0 Å². The molecule has 0 rings (SSSR count). The second kappa shape index (κ2) is 8.19. The minimum Gasteiger partial charge on any atom is -0.379 e. The zero-order valence-corrected chi connectivity index (χ0v) is 9.57. The van der Waals surface area contributed by atoms with Gasteiger partial charge in [0.15, 0.2) is 0 Å². The number of rotatable bonds is 8. The molecule has 0 saturated carbocycles. The lowest BCUT2D eigenvalue weighted by Crippen LogP contribution is -2.37. The molecule has 0 aromatic heterocycles. The molecule has 0 aromatic carbocycles. The van der Waals surface area contributed by atoms with Gasteiger partial charge in [0.25, 0.3) is 0 Å². The van der Waals surface area contributed by atoms with Gasteiger partial charge in [0.1, 0.15) is 0 Å². The number of hydrogen-bond donors (Lipinski definition) is 0. The molecule has 0 aliphatic carbocycles. The molecule has 0 bridgehead atoms. The lowest BCUT2D eigenvalue weighted by molar-refractivity contribution is -0.147. The zero-order valence-electron chi connectivity index (χ0n) is 8.82. The van der Waals surface area contributed by atoms with Crippen molar-refractivity contribution in [3.8, 4) is 0 Å². The summed E-state index contributed by atoms with van der Waals surface area (Å²) in [5, 5.41) is 0. The van der Waals surface area contributed by atoms with Crippen molar-refractivity contribution < 1.29 is 17.9 Å². The minimum atomic E-state index is -4.14. The molecule has 0 amide bonds. The predicted molar refractivity (Wildman–Crippen MR) is 54.3 cm³/mol. The largest absolute Gasteiger partial charge is 0.401 e. The summed E-state index contributed by atoms with van der Waals surface area (Å²) in [6.45, 7) is 2.39. The molecule has 0 fully saturated rings. The van der Waals surface area contributed by atoms with Crippen molar-refractivity contribution in [3.63, 3.8) is 0 Å². The molecule has 2 nitrogen and oxygen atoms in total. The first-order chi connectivity index (χ1) is 6.99. The smallest absolute Gasteiger partial charge is 0.379 e. The number of ether oxygens (including phenoxy) is 1. The van der Waals surface area contributed by atoms with Crippen LogP contribution < -0.4 is 0 Å². The van der Waals surface area contributed by atoms with Crippen molar-refractivity contribution in [1.29, 1.82) is 0 Å². The Bertz CT molecular complexity index is 155. The molecule has 0 saturated heterocycles. The second-order valence-corrected chi connectivity index (χ2v) is 3.57. The van der Waals surface area contributed by atoms with Gasteiger partial charge in [0.05, 0.1) is 19.8 Å². The minimum absolute atomic E-state index is 0.294. The Hall–Kier alpha value is -0.0000000000000000555. The fourth-order valence-electron chi connectivity index (χ4n) is 1.19. The monoisotopic (exact) mass is 247 g/mol. The van der Waals surface area contributed by atoms with Crippen molar-refractivity contribution in [2.24, 2.45) is 0 Å². The Kier molecular flexibility index (Phi) is 8.19. The number of hydrogen-bond acceptors (Lipinski definition) is 2. The van der Waals surface area contributed by atoms with Gasteiger partial charge in [-0.05, 0) is 13.0 Å². The van der Waals surface area contributed by atoms with Crippen molar-refractivity contribution in [3.05, 3.63) is 0 Å². The van der Waals surface area contributed by atoms with Crippen LogP contribution >= 0.6 is 11.6 Å². The summed E-state index contributed by atoms with van der Waals surface area (Å²) >= 11 is 5.37. The molecule has 0 aliphatic heterocycles. The third-order valence-corrected chi connectivity index (χ3v) is 1.87. The van der Waals surface area contributed by atoms with E-state index in [2.05, 4.69) is 0 Å². The van der Waals surface area contributed by atoms with E-state index in [1.165, 1.54) is 4.90 Å². The van der Waals surface area contributed by atoms with Gasteiger partial charge < -0.3 is 4.74 Å². The lowest BCUT2D eigenvalue weighted by Gasteiger charge is -2.22. The van der Waals surface area contributed by atoms with Gasteiger partial charge in [0, 0.05) is 12.4 Å². The van der Waals surface area contributed by atoms with Crippen molar-refractivity contribution in [2.75, 3.05) is 38.7 Å². The first-order valence-electron chi connectivity index (χ1n) is 4.92. The SMILES string of the molecule is CCCN(CCOCCCl)CC(F)(F)F. The Morgan fingerprint density at radius 1 is 1.20 bits per heavy atom. The summed E-state index contributed by atoms with van der Waals surface area (Å²) in [6, 6.07) is 0. The van der Waals surface area contributed by atoms with Crippen LogP contribution in [0.25, 0.3) is 0 Å². The van der Waals surface area contributed by atoms with Crippen molar-refractivity contribution in [1.82, 2.24) is 4.90 Å². The van der Waals surface area contributed by atoms with Gasteiger partial charge in [-0.15, -0.1) is 11.6 Å². The third kappa shape index (κ3) is 10.3. The van der Waals surface area contributed by atoms with Crippen LogP contribution in [0.2, 0.25) is 0 Å². The highest BCUT2D eigenvalue weighted by Crippen LogP contribution is 2.16. The van der Waals surface area contributed by atoms with Gasteiger partial charge >= 0.3 is 6.18 Å². The second-order valence-electron chi connectivity index (χ2n) is 3.19. The van der Waals surface area contributed by atoms with E-state index in [-0.39, 0.29) is 0 Å². The summed E-state index contributed by atoms with van der Waals surface area (Å²) < 4.78 is 41.3. The van der Waals surface area contributed by atoms with Gasteiger partial charge in [-0.25, -0.2) is 0 Å². The van der Waals surface area contributed by atoms with E-state index in [0.717, 1.165) is 0 Å². The third-order valence-electron chi connectivity index (χ3n) is 1.72. The molecule has 92 valence electrons. The summed E-state index contributed by atoms with van der Waals surface area (Å²) in [7, 11) is 0. The van der Waals surface area contributed by atoms with Crippen molar-refractivity contribution >= 4 is 11.6 Å². The quantitative estimate of drug-likeness (QED) is 0.483. The van der Waals surface area contributed by atoms with Crippen LogP contribution in [0.1, 0.15) is 13.3 Å². The van der Waals surface area contributed by atoms with Crippen LogP contribution in [0, 0.1) is 0 Å². The molecule has 6 heteroatoms. The Balaban J connectivity index is 3.73. The first kappa shape index (κ1) is 15.0. The van der Waals surface area contributed by atoms with E-state index < -0.39 is 12.7 Å². The number of halogens is 4. The van der Waals surface area contributed by atoms with Gasteiger partial charge in [-0.3, -0.25) is 4.90 Å². The van der Waals surface area contributed by atoms with Crippen LogP contribution in [-0.4, -0.2) is 49.8 Å². The van der Waals surface area contributed by atoms with Crippen LogP contribution in [0.3, 0.4) is 0 Å². The van der Waals surface area contributed by atoms with E-state index in [0.29, 0.717) is 38.6 Å². The Labute approximate surface area is 93.3 Å². The van der Waals surface area contributed by atoms with Gasteiger partial charge in [-0.2, -0.15) is 13.2 Å². The highest BCUT2D eigenvalue weighted by atomic mass is 35.5. The molecule has 15 heavy (non-hydrogen) atoms. The molecule has 0 aliphatic rings. The zero-order chi connectivity index (χ0) is 11.7. The number of alkyl halides is 4. The molecule has 0 radical (unpaired) electrons. The molecule has 0 heterocycles. The maximum absolute atomic E-state index is 12.1. The molecule has 0 unspecified atom stereocenters. The molecule has 0 N–H and O–H groups in total. The average Bonchev–Trinajstić information content (AvgIpc) is 2.10. The summed E-state index contributed by atoms with van der Waals surface area (Å²) in [4.78, 5) is 1.34. The van der Waals surface area contributed by atoms with Crippen LogP contribution in [0.15, 0.2) is 0 Å². The average molecular weight is 248 g/mol. The fraction of sp³-hybridized carbons (Fsp3) is 1.00.